The Hall–Kier alpha value is -4.51. The first-order chi connectivity index (χ1) is 17.7. The summed E-state index contributed by atoms with van der Waals surface area (Å²) in [6, 6.07) is 34.1. The fourth-order valence-electron chi connectivity index (χ4n) is 4.57. The topological polar surface area (TPSA) is 50.8 Å². The Bertz CT molecular complexity index is 1460. The van der Waals surface area contributed by atoms with Gasteiger partial charge in [0, 0.05) is 19.2 Å². The molecule has 0 bridgehead atoms. The third-order valence-electron chi connectivity index (χ3n) is 6.39. The third-order valence-corrected chi connectivity index (χ3v) is 6.39. The lowest BCUT2D eigenvalue weighted by molar-refractivity contribution is 0.206. The van der Waals surface area contributed by atoms with Crippen LogP contribution in [0.5, 0.6) is 11.5 Å². The van der Waals surface area contributed by atoms with Crippen molar-refractivity contribution in [1.29, 1.82) is 0 Å². The molecule has 1 N–H and O–H groups in total. The molecule has 36 heavy (non-hydrogen) atoms. The number of nitrogens with zero attached hydrogens (tertiary/aromatic N) is 1. The minimum absolute atomic E-state index is 0.209. The molecule has 5 aromatic rings. The summed E-state index contributed by atoms with van der Waals surface area (Å²) in [5.74, 6) is 1.20. The van der Waals surface area contributed by atoms with E-state index in [0.717, 1.165) is 32.7 Å². The molecule has 0 aromatic heterocycles. The van der Waals surface area contributed by atoms with Gasteiger partial charge in [-0.3, -0.25) is 0 Å². The zero-order chi connectivity index (χ0) is 24.9. The molecule has 0 fully saturated rings. The molecule has 0 aliphatic carbocycles. The number of amides is 2. The number of hydrogen-bond acceptors (Lipinski definition) is 3. The van der Waals surface area contributed by atoms with Gasteiger partial charge in [-0.1, -0.05) is 78.9 Å². The largest absolute Gasteiger partial charge is 0.497 e. The second-order valence-corrected chi connectivity index (χ2v) is 8.64. The normalized spacial score (nSPS) is 10.8. The van der Waals surface area contributed by atoms with Crippen LogP contribution in [-0.4, -0.2) is 25.2 Å². The predicted octanol–water partition coefficient (Wildman–Crippen LogP) is 7.24. The van der Waals surface area contributed by atoms with Gasteiger partial charge in [-0.25, -0.2) is 4.79 Å². The van der Waals surface area contributed by atoms with Crippen LogP contribution >= 0.6 is 0 Å². The quantitative estimate of drug-likeness (QED) is 0.252. The number of hydrogen-bond donors (Lipinski definition) is 1. The van der Waals surface area contributed by atoms with Gasteiger partial charge in [0.2, 0.25) is 0 Å². The number of benzene rings is 5. The first kappa shape index (κ1) is 23.2. The second-order valence-electron chi connectivity index (χ2n) is 8.64. The number of carbonyl (C=O) groups is 1. The number of fused-ring (bicyclic) bond motifs is 2. The van der Waals surface area contributed by atoms with Gasteiger partial charge < -0.3 is 19.7 Å². The van der Waals surface area contributed by atoms with Crippen molar-refractivity contribution >= 4 is 33.3 Å². The van der Waals surface area contributed by atoms with Gasteiger partial charge in [-0.15, -0.1) is 0 Å². The second kappa shape index (κ2) is 10.4. The van der Waals surface area contributed by atoms with E-state index in [1.807, 2.05) is 59.5 Å². The highest BCUT2D eigenvalue weighted by molar-refractivity contribution is 6.02. The van der Waals surface area contributed by atoms with Gasteiger partial charge >= 0.3 is 6.03 Å². The molecule has 0 unspecified atom stereocenters. The maximum absolute atomic E-state index is 13.7. The summed E-state index contributed by atoms with van der Waals surface area (Å²) < 4.78 is 10.8. The molecule has 0 aliphatic heterocycles. The van der Waals surface area contributed by atoms with Crippen molar-refractivity contribution in [3.05, 3.63) is 114 Å². The van der Waals surface area contributed by atoms with Crippen LogP contribution in [0.25, 0.3) is 21.5 Å². The average molecular weight is 477 g/mol. The Morgan fingerprint density at radius 3 is 2.00 bits per heavy atom. The van der Waals surface area contributed by atoms with Crippen LogP contribution in [0.15, 0.2) is 103 Å². The molecule has 5 rings (SSSR count). The van der Waals surface area contributed by atoms with Gasteiger partial charge in [0.15, 0.2) is 0 Å². The zero-order valence-corrected chi connectivity index (χ0v) is 20.4. The zero-order valence-electron chi connectivity index (χ0n) is 20.4. The highest BCUT2D eigenvalue weighted by atomic mass is 16.5. The van der Waals surface area contributed by atoms with E-state index in [4.69, 9.17) is 9.47 Å². The highest BCUT2D eigenvalue weighted by Gasteiger charge is 2.19. The van der Waals surface area contributed by atoms with E-state index in [0.29, 0.717) is 30.3 Å². The van der Waals surface area contributed by atoms with Crippen LogP contribution in [0.2, 0.25) is 0 Å². The van der Waals surface area contributed by atoms with Gasteiger partial charge in [0.25, 0.3) is 0 Å². The van der Waals surface area contributed by atoms with Crippen molar-refractivity contribution in [3.63, 3.8) is 0 Å². The smallest absolute Gasteiger partial charge is 0.322 e. The lowest BCUT2D eigenvalue weighted by Crippen LogP contribution is -2.34. The minimum atomic E-state index is -0.209. The van der Waals surface area contributed by atoms with E-state index in [9.17, 15) is 4.79 Å². The number of ether oxygens (including phenoxy) is 2. The summed E-state index contributed by atoms with van der Waals surface area (Å²) in [6.45, 7) is 0.907. The van der Waals surface area contributed by atoms with E-state index in [-0.39, 0.29) is 6.03 Å². The third kappa shape index (κ3) is 4.82. The van der Waals surface area contributed by atoms with E-state index in [1.165, 1.54) is 0 Å². The van der Waals surface area contributed by atoms with Gasteiger partial charge in [-0.2, -0.15) is 0 Å². The van der Waals surface area contributed by atoms with Gasteiger partial charge in [0.1, 0.15) is 11.5 Å². The Balaban J connectivity index is 1.55. The molecule has 5 heteroatoms. The maximum atomic E-state index is 13.7. The molecule has 5 aromatic carbocycles. The van der Waals surface area contributed by atoms with Gasteiger partial charge in [-0.05, 0) is 50.9 Å². The molecule has 0 spiro atoms. The molecule has 0 atom stereocenters. The van der Waals surface area contributed by atoms with Crippen LogP contribution in [0.3, 0.4) is 0 Å². The van der Waals surface area contributed by atoms with Crippen molar-refractivity contribution in [1.82, 2.24) is 4.90 Å². The van der Waals surface area contributed by atoms with E-state index < -0.39 is 0 Å². The molecule has 0 radical (unpaired) electrons. The molecule has 2 amide bonds. The van der Waals surface area contributed by atoms with Crippen molar-refractivity contribution in [2.75, 3.05) is 19.5 Å². The Morgan fingerprint density at radius 1 is 0.722 bits per heavy atom. The average Bonchev–Trinajstić information content (AvgIpc) is 2.93. The molecule has 0 saturated carbocycles. The van der Waals surface area contributed by atoms with Crippen LogP contribution in [0.1, 0.15) is 11.1 Å². The molecule has 0 aliphatic rings. The standard InChI is InChI=1S/C31H28N2O3/c1-35-25-16-17-29(30(19-25)36-2)32-31(34)33(20-22-10-4-3-5-11-22)21-28-26-14-8-6-12-23(26)18-24-13-7-9-15-27(24)28/h3-19H,20-21H2,1-2H3,(H,32,34). The summed E-state index contributed by atoms with van der Waals surface area (Å²) in [5.41, 5.74) is 2.76. The number of methoxy groups -OCH3 is 2. The molecule has 5 nitrogen and oxygen atoms in total. The summed E-state index contributed by atoms with van der Waals surface area (Å²) in [6.07, 6.45) is 0. The number of carbonyl (C=O) groups excluding carboxylic acids is 1. The number of nitrogens with one attached hydrogen (secondary N) is 1. The summed E-state index contributed by atoms with van der Waals surface area (Å²) in [7, 11) is 3.18. The SMILES string of the molecule is COc1ccc(NC(=O)N(Cc2ccccc2)Cc2c3ccccc3cc3ccccc23)c(OC)c1. The number of rotatable bonds is 7. The van der Waals surface area contributed by atoms with Crippen LogP contribution in [0, 0.1) is 0 Å². The fraction of sp³-hybridized carbons (Fsp3) is 0.129. The molecule has 0 saturated heterocycles. The summed E-state index contributed by atoms with van der Waals surface area (Å²) in [5, 5.41) is 7.65. The fourth-order valence-corrected chi connectivity index (χ4v) is 4.57. The number of urea groups is 1. The Labute approximate surface area is 210 Å². The predicted molar refractivity (Wildman–Crippen MR) is 146 cm³/mol. The number of anilines is 1. The van der Waals surface area contributed by atoms with E-state index >= 15 is 0 Å². The Kier molecular flexibility index (Phi) is 6.72. The highest BCUT2D eigenvalue weighted by Crippen LogP contribution is 2.32. The van der Waals surface area contributed by atoms with Gasteiger partial charge in [0.05, 0.1) is 19.9 Å². The van der Waals surface area contributed by atoms with E-state index in [2.05, 4.69) is 35.6 Å². The monoisotopic (exact) mass is 476 g/mol. The molecular formula is C31H28N2O3. The first-order valence-electron chi connectivity index (χ1n) is 11.9. The summed E-state index contributed by atoms with van der Waals surface area (Å²) >= 11 is 0. The van der Waals surface area contributed by atoms with Crippen molar-refractivity contribution < 1.29 is 14.3 Å². The van der Waals surface area contributed by atoms with Crippen molar-refractivity contribution in [2.24, 2.45) is 0 Å². The maximum Gasteiger partial charge on any atom is 0.322 e. The first-order valence-corrected chi connectivity index (χ1v) is 11.9. The minimum Gasteiger partial charge on any atom is -0.497 e. The lowest BCUT2D eigenvalue weighted by Gasteiger charge is -2.25. The molecule has 0 heterocycles. The van der Waals surface area contributed by atoms with E-state index in [1.54, 1.807) is 32.4 Å². The van der Waals surface area contributed by atoms with Crippen molar-refractivity contribution in [2.45, 2.75) is 13.1 Å². The van der Waals surface area contributed by atoms with Crippen LogP contribution in [0.4, 0.5) is 10.5 Å². The Morgan fingerprint density at radius 2 is 1.36 bits per heavy atom. The van der Waals surface area contributed by atoms with Crippen molar-refractivity contribution in [3.8, 4) is 11.5 Å². The molecular weight excluding hydrogens is 448 g/mol. The summed E-state index contributed by atoms with van der Waals surface area (Å²) in [4.78, 5) is 15.6. The van der Waals surface area contributed by atoms with Crippen LogP contribution < -0.4 is 14.8 Å². The van der Waals surface area contributed by atoms with Crippen LogP contribution in [-0.2, 0) is 13.1 Å². The molecule has 180 valence electrons. The lowest BCUT2D eigenvalue weighted by atomic mass is 9.96.